The number of rotatable bonds is 4. The second-order valence-corrected chi connectivity index (χ2v) is 8.96. The van der Waals surface area contributed by atoms with Crippen LogP contribution in [0.1, 0.15) is 0 Å². The molecule has 0 unspecified atom stereocenters. The van der Waals surface area contributed by atoms with Gasteiger partial charge in [0.05, 0.1) is 28.5 Å². The lowest BCUT2D eigenvalue weighted by atomic mass is 10.2. The molecule has 0 aliphatic heterocycles. The molecule has 0 atom stereocenters. The Morgan fingerprint density at radius 2 is 1.82 bits per heavy atom. The van der Waals surface area contributed by atoms with Crippen LogP contribution in [0.5, 0.6) is 5.75 Å². The first-order valence-electron chi connectivity index (χ1n) is 8.21. The van der Waals surface area contributed by atoms with Crippen molar-refractivity contribution in [1.82, 2.24) is 14.5 Å². The summed E-state index contributed by atoms with van der Waals surface area (Å²) in [7, 11) is 0.253. The topological polar surface area (TPSA) is 94.4 Å². The molecular weight excluding hydrogens is 400 g/mol. The van der Waals surface area contributed by atoms with Gasteiger partial charge in [0.25, 0.3) is 5.56 Å². The van der Waals surface area contributed by atoms with Crippen molar-refractivity contribution in [3.05, 3.63) is 53.2 Å². The van der Waals surface area contributed by atoms with E-state index in [2.05, 4.69) is 9.97 Å². The Labute approximate surface area is 164 Å². The highest BCUT2D eigenvalue weighted by Gasteiger charge is 2.17. The van der Waals surface area contributed by atoms with Gasteiger partial charge in [-0.2, -0.15) is 8.42 Å². The molecule has 4 rings (SSSR count). The number of fused-ring (bicyclic) bond motifs is 3. The van der Waals surface area contributed by atoms with Gasteiger partial charge in [-0.1, -0.05) is 0 Å². The fourth-order valence-electron chi connectivity index (χ4n) is 2.93. The largest absolute Gasteiger partial charge is 0.383 e. The van der Waals surface area contributed by atoms with Crippen LogP contribution >= 0.6 is 11.3 Å². The summed E-state index contributed by atoms with van der Waals surface area (Å²) in [5.41, 5.74) is 1.91. The molecule has 28 heavy (non-hydrogen) atoms. The van der Waals surface area contributed by atoms with E-state index in [1.807, 2.05) is 25.1 Å². The monoisotopic (exact) mass is 416 g/mol. The maximum absolute atomic E-state index is 13.1. The van der Waals surface area contributed by atoms with Crippen LogP contribution in [0.3, 0.4) is 0 Å². The van der Waals surface area contributed by atoms with E-state index in [1.165, 1.54) is 34.4 Å². The van der Waals surface area contributed by atoms with E-state index in [4.69, 9.17) is 4.18 Å². The van der Waals surface area contributed by atoms with Gasteiger partial charge in [0.1, 0.15) is 21.6 Å². The molecule has 3 aromatic heterocycles. The SMILES string of the molecule is CN(C)c1ccnc2sc3c(=O)n(-c4ccc(OS(C)(=O)=O)cc4)cnc3c12. The molecule has 0 N–H and O–H groups in total. The van der Waals surface area contributed by atoms with E-state index < -0.39 is 10.1 Å². The lowest BCUT2D eigenvalue weighted by Crippen LogP contribution is -2.17. The normalized spacial score (nSPS) is 11.8. The fraction of sp³-hybridized carbons (Fsp3) is 0.167. The van der Waals surface area contributed by atoms with Crippen molar-refractivity contribution in [2.75, 3.05) is 25.3 Å². The molecule has 0 bridgehead atoms. The number of thiophene rings is 1. The summed E-state index contributed by atoms with van der Waals surface area (Å²) in [5, 5.41) is 0.855. The van der Waals surface area contributed by atoms with E-state index >= 15 is 0 Å². The lowest BCUT2D eigenvalue weighted by molar-refractivity contribution is 0.493. The molecule has 1 aromatic carbocycles. The van der Waals surface area contributed by atoms with Crippen LogP contribution in [-0.2, 0) is 10.1 Å². The summed E-state index contributed by atoms with van der Waals surface area (Å²) in [6, 6.07) is 8.08. The quantitative estimate of drug-likeness (QED) is 0.472. The Bertz CT molecular complexity index is 1360. The first kappa shape index (κ1) is 18.4. The van der Waals surface area contributed by atoms with Gasteiger partial charge in [0.2, 0.25) is 0 Å². The van der Waals surface area contributed by atoms with Crippen molar-refractivity contribution >= 4 is 47.6 Å². The Kier molecular flexibility index (Phi) is 4.31. The zero-order valence-electron chi connectivity index (χ0n) is 15.3. The standard InChI is InChI=1S/C18H16N4O4S2/c1-21(2)13-8-9-19-17-14(13)15-16(27-17)18(23)22(10-20-15)11-4-6-12(7-5-11)26-28(3,24)25/h4-10H,1-3H3. The highest BCUT2D eigenvalue weighted by atomic mass is 32.2. The van der Waals surface area contributed by atoms with Crippen LogP contribution in [0.15, 0.2) is 47.7 Å². The Hall–Kier alpha value is -2.98. The Morgan fingerprint density at radius 3 is 2.46 bits per heavy atom. The second-order valence-electron chi connectivity index (χ2n) is 6.39. The first-order chi connectivity index (χ1) is 13.2. The van der Waals surface area contributed by atoms with Crippen LogP contribution in [0.25, 0.3) is 26.1 Å². The van der Waals surface area contributed by atoms with Gasteiger partial charge in [0.15, 0.2) is 0 Å². The number of aromatic nitrogens is 3. The third-order valence-electron chi connectivity index (χ3n) is 4.10. The minimum absolute atomic E-state index is 0.176. The van der Waals surface area contributed by atoms with Crippen molar-refractivity contribution < 1.29 is 12.6 Å². The number of benzene rings is 1. The molecular formula is C18H16N4O4S2. The molecule has 0 spiro atoms. The molecule has 0 amide bonds. The lowest BCUT2D eigenvalue weighted by Gasteiger charge is -2.13. The molecule has 0 radical (unpaired) electrons. The first-order valence-corrected chi connectivity index (χ1v) is 10.8. The van der Waals surface area contributed by atoms with Crippen molar-refractivity contribution in [2.45, 2.75) is 0 Å². The van der Waals surface area contributed by atoms with E-state index in [9.17, 15) is 13.2 Å². The molecule has 144 valence electrons. The van der Waals surface area contributed by atoms with Crippen LogP contribution in [0, 0.1) is 0 Å². The van der Waals surface area contributed by atoms with Gasteiger partial charge in [-0.15, -0.1) is 11.3 Å². The fourth-order valence-corrected chi connectivity index (χ4v) is 4.44. The summed E-state index contributed by atoms with van der Waals surface area (Å²) >= 11 is 1.30. The second kappa shape index (κ2) is 6.57. The van der Waals surface area contributed by atoms with Gasteiger partial charge in [-0.25, -0.2) is 9.97 Å². The van der Waals surface area contributed by atoms with Gasteiger partial charge >= 0.3 is 10.1 Å². The maximum Gasteiger partial charge on any atom is 0.306 e. The van der Waals surface area contributed by atoms with Gasteiger partial charge < -0.3 is 9.08 Å². The molecule has 0 fully saturated rings. The molecule has 0 saturated heterocycles. The van der Waals surface area contributed by atoms with Crippen molar-refractivity contribution in [1.29, 1.82) is 0 Å². The van der Waals surface area contributed by atoms with E-state index in [-0.39, 0.29) is 11.3 Å². The van der Waals surface area contributed by atoms with Crippen molar-refractivity contribution in [3.8, 4) is 11.4 Å². The predicted molar refractivity (Wildman–Crippen MR) is 110 cm³/mol. The van der Waals surface area contributed by atoms with Crippen LogP contribution in [-0.4, -0.2) is 43.3 Å². The van der Waals surface area contributed by atoms with E-state index in [0.29, 0.717) is 15.9 Å². The summed E-state index contributed by atoms with van der Waals surface area (Å²) < 4.78 is 29.2. The highest BCUT2D eigenvalue weighted by molar-refractivity contribution is 7.86. The summed E-state index contributed by atoms with van der Waals surface area (Å²) in [5.74, 6) is 0.176. The number of anilines is 1. The Balaban J connectivity index is 1.86. The van der Waals surface area contributed by atoms with Crippen LogP contribution in [0.2, 0.25) is 0 Å². The van der Waals surface area contributed by atoms with Crippen LogP contribution in [0.4, 0.5) is 5.69 Å². The maximum atomic E-state index is 13.1. The Morgan fingerprint density at radius 1 is 1.11 bits per heavy atom. The number of hydrogen-bond donors (Lipinski definition) is 0. The minimum Gasteiger partial charge on any atom is -0.383 e. The molecule has 4 aromatic rings. The molecule has 3 heterocycles. The average Bonchev–Trinajstić information content (AvgIpc) is 3.01. The third kappa shape index (κ3) is 3.20. The van der Waals surface area contributed by atoms with Crippen molar-refractivity contribution in [3.63, 3.8) is 0 Å². The molecule has 0 saturated carbocycles. The molecule has 0 aliphatic rings. The third-order valence-corrected chi connectivity index (χ3v) is 5.67. The van der Waals surface area contributed by atoms with Crippen molar-refractivity contribution in [2.24, 2.45) is 0 Å². The zero-order valence-corrected chi connectivity index (χ0v) is 16.9. The molecule has 8 nitrogen and oxygen atoms in total. The molecule has 0 aliphatic carbocycles. The van der Waals surface area contributed by atoms with Gasteiger partial charge in [-0.05, 0) is 30.3 Å². The van der Waals surface area contributed by atoms with E-state index in [0.717, 1.165) is 22.2 Å². The minimum atomic E-state index is -3.61. The van der Waals surface area contributed by atoms with Crippen LogP contribution < -0.4 is 14.6 Å². The van der Waals surface area contributed by atoms with E-state index in [1.54, 1.807) is 18.3 Å². The summed E-state index contributed by atoms with van der Waals surface area (Å²) in [6.45, 7) is 0. The number of pyridine rings is 1. The predicted octanol–water partition coefficient (Wildman–Crippen LogP) is 2.40. The smallest absolute Gasteiger partial charge is 0.306 e. The summed E-state index contributed by atoms with van der Waals surface area (Å²) in [6.07, 6.45) is 4.16. The molecule has 10 heteroatoms. The zero-order chi connectivity index (χ0) is 20.1. The van der Waals surface area contributed by atoms with Gasteiger partial charge in [-0.3, -0.25) is 9.36 Å². The highest BCUT2D eigenvalue weighted by Crippen LogP contribution is 2.35. The number of nitrogens with zero attached hydrogens (tertiary/aromatic N) is 4. The summed E-state index contributed by atoms with van der Waals surface area (Å²) in [4.78, 5) is 24.7. The van der Waals surface area contributed by atoms with Gasteiger partial charge in [0, 0.05) is 20.3 Å². The number of hydrogen-bond acceptors (Lipinski definition) is 8. The average molecular weight is 416 g/mol.